The lowest BCUT2D eigenvalue weighted by Crippen LogP contribution is -2.06. The van der Waals surface area contributed by atoms with Crippen LogP contribution in [0, 0.1) is 0 Å². The number of rotatable bonds is 2. The average Bonchev–Trinajstić information content (AvgIpc) is 1.65. The van der Waals surface area contributed by atoms with Crippen LogP contribution < -0.4 is 5.73 Å². The van der Waals surface area contributed by atoms with Crippen LogP contribution in [0.2, 0.25) is 0 Å². The fraction of sp³-hybridized carbons (Fsp3) is 0. The van der Waals surface area contributed by atoms with Crippen LogP contribution in [0.3, 0.4) is 0 Å². The first-order chi connectivity index (χ1) is 3.66. The predicted molar refractivity (Wildman–Crippen MR) is 30.1 cm³/mol. The summed E-state index contributed by atoms with van der Waals surface area (Å²) in [5, 5.41) is 8.47. The molecule has 0 radical (unpaired) electrons. The van der Waals surface area contributed by atoms with Gasteiger partial charge in [0.15, 0.2) is 0 Å². The molecule has 0 fully saturated rings. The molecule has 0 bridgehead atoms. The van der Waals surface area contributed by atoms with Gasteiger partial charge in [-0.1, -0.05) is 6.58 Å². The highest BCUT2D eigenvalue weighted by Crippen LogP contribution is 1.84. The summed E-state index contributed by atoms with van der Waals surface area (Å²) in [7, 11) is 0. The number of aliphatic hydroxyl groups is 1. The fourth-order valence-corrected chi connectivity index (χ4v) is 0.205. The van der Waals surface area contributed by atoms with Crippen molar-refractivity contribution in [1.29, 1.82) is 0 Å². The maximum absolute atomic E-state index is 9.91. The Balaban J connectivity index is 3.94. The van der Waals surface area contributed by atoms with Crippen LogP contribution in [0.15, 0.2) is 24.5 Å². The Kier molecular flexibility index (Phi) is 2.40. The minimum absolute atomic E-state index is 0.211. The summed E-state index contributed by atoms with van der Waals surface area (Å²) in [6.07, 6.45) is 2.01. The zero-order valence-electron chi connectivity index (χ0n) is 4.29. The molecule has 0 aromatic carbocycles. The lowest BCUT2D eigenvalue weighted by atomic mass is 10.4. The van der Waals surface area contributed by atoms with E-state index in [2.05, 4.69) is 12.3 Å². The molecule has 0 saturated carbocycles. The van der Waals surface area contributed by atoms with Gasteiger partial charge in [-0.3, -0.25) is 4.79 Å². The lowest BCUT2D eigenvalue weighted by Gasteiger charge is -1.83. The molecule has 3 nitrogen and oxygen atoms in total. The van der Waals surface area contributed by atoms with Gasteiger partial charge in [-0.15, -0.1) is 0 Å². The summed E-state index contributed by atoms with van der Waals surface area (Å²) < 4.78 is 0. The van der Waals surface area contributed by atoms with Crippen molar-refractivity contribution in [3.05, 3.63) is 24.5 Å². The minimum Gasteiger partial charge on any atom is -0.508 e. The van der Waals surface area contributed by atoms with Gasteiger partial charge in [0.25, 0.3) is 0 Å². The Labute approximate surface area is 47.1 Å². The van der Waals surface area contributed by atoms with E-state index < -0.39 is 5.91 Å². The molecule has 3 heteroatoms. The highest BCUT2D eigenvalue weighted by molar-refractivity contribution is 5.86. The van der Waals surface area contributed by atoms with Gasteiger partial charge in [0.05, 0.1) is 0 Å². The van der Waals surface area contributed by atoms with Crippen LogP contribution in [-0.2, 0) is 4.79 Å². The molecular weight excluding hydrogens is 106 g/mol. The van der Waals surface area contributed by atoms with E-state index in [0.717, 1.165) is 12.2 Å². The first-order valence-electron chi connectivity index (χ1n) is 1.99. The van der Waals surface area contributed by atoms with Crippen molar-refractivity contribution in [3.63, 3.8) is 0 Å². The van der Waals surface area contributed by atoms with E-state index in [1.54, 1.807) is 0 Å². The Bertz CT molecular complexity index is 137. The zero-order chi connectivity index (χ0) is 6.57. The molecule has 8 heavy (non-hydrogen) atoms. The van der Waals surface area contributed by atoms with Gasteiger partial charge in [-0.2, -0.15) is 0 Å². The molecule has 44 valence electrons. The molecule has 0 aliphatic rings. The molecule has 0 rings (SSSR count). The maximum atomic E-state index is 9.91. The Morgan fingerprint density at radius 1 is 1.75 bits per heavy atom. The first kappa shape index (κ1) is 6.75. The molecule has 0 spiro atoms. The summed E-state index contributed by atoms with van der Waals surface area (Å²) in [5.41, 5.74) is 4.65. The number of nitrogens with two attached hydrogens (primary N) is 1. The highest BCUT2D eigenvalue weighted by Gasteiger charge is 1.86. The second kappa shape index (κ2) is 2.85. The average molecular weight is 113 g/mol. The van der Waals surface area contributed by atoms with Crippen molar-refractivity contribution in [3.8, 4) is 0 Å². The van der Waals surface area contributed by atoms with Gasteiger partial charge < -0.3 is 10.8 Å². The van der Waals surface area contributed by atoms with Crippen molar-refractivity contribution in [1.82, 2.24) is 0 Å². The van der Waals surface area contributed by atoms with Gasteiger partial charge in [-0.25, -0.2) is 0 Å². The van der Waals surface area contributed by atoms with Crippen molar-refractivity contribution in [2.45, 2.75) is 0 Å². The van der Waals surface area contributed by atoms with E-state index >= 15 is 0 Å². The van der Waals surface area contributed by atoms with Crippen molar-refractivity contribution in [2.24, 2.45) is 5.73 Å². The van der Waals surface area contributed by atoms with Crippen LogP contribution in [0.25, 0.3) is 0 Å². The third kappa shape index (κ3) is 2.96. The lowest BCUT2D eigenvalue weighted by molar-refractivity contribution is -0.113. The third-order valence-corrected chi connectivity index (χ3v) is 0.499. The van der Waals surface area contributed by atoms with Crippen LogP contribution in [0.4, 0.5) is 0 Å². The second-order valence-electron chi connectivity index (χ2n) is 1.18. The van der Waals surface area contributed by atoms with Gasteiger partial charge >= 0.3 is 0 Å². The summed E-state index contributed by atoms with van der Waals surface area (Å²) in [6, 6.07) is 0. The van der Waals surface area contributed by atoms with Crippen LogP contribution >= 0.6 is 0 Å². The van der Waals surface area contributed by atoms with Crippen LogP contribution in [0.1, 0.15) is 0 Å². The SMILES string of the molecule is C=CC(O)=CC(N)=O. The summed E-state index contributed by atoms with van der Waals surface area (Å²) in [4.78, 5) is 9.91. The van der Waals surface area contributed by atoms with Gasteiger partial charge in [0.2, 0.25) is 5.91 Å². The summed E-state index contributed by atoms with van der Waals surface area (Å²) in [6.45, 7) is 3.19. The van der Waals surface area contributed by atoms with Crippen LogP contribution in [0.5, 0.6) is 0 Å². The number of carbonyl (C=O) groups excluding carboxylic acids is 1. The van der Waals surface area contributed by atoms with Gasteiger partial charge in [-0.05, 0) is 6.08 Å². The van der Waals surface area contributed by atoms with Crippen molar-refractivity contribution < 1.29 is 9.90 Å². The van der Waals surface area contributed by atoms with E-state index in [1.165, 1.54) is 0 Å². The molecule has 0 atom stereocenters. The third-order valence-electron chi connectivity index (χ3n) is 0.499. The number of hydrogen-bond acceptors (Lipinski definition) is 2. The van der Waals surface area contributed by atoms with E-state index in [4.69, 9.17) is 5.11 Å². The molecular formula is C5H7NO2. The van der Waals surface area contributed by atoms with E-state index in [-0.39, 0.29) is 5.76 Å². The molecule has 0 aliphatic carbocycles. The number of primary amides is 1. The largest absolute Gasteiger partial charge is 0.508 e. The predicted octanol–water partition coefficient (Wildman–Crippen LogP) is 0.0996. The van der Waals surface area contributed by atoms with Gasteiger partial charge in [0, 0.05) is 6.08 Å². The molecule has 0 aromatic heterocycles. The molecule has 0 unspecified atom stereocenters. The van der Waals surface area contributed by atoms with Crippen LogP contribution in [-0.4, -0.2) is 11.0 Å². The summed E-state index contributed by atoms with van der Waals surface area (Å²) in [5.74, 6) is -0.889. The Hall–Kier alpha value is -1.25. The summed E-state index contributed by atoms with van der Waals surface area (Å²) >= 11 is 0. The number of allylic oxidation sites excluding steroid dienone is 1. The number of carbonyl (C=O) groups is 1. The first-order valence-corrected chi connectivity index (χ1v) is 1.99. The van der Waals surface area contributed by atoms with E-state index in [0.29, 0.717) is 0 Å². The Morgan fingerprint density at radius 2 is 2.25 bits per heavy atom. The van der Waals surface area contributed by atoms with E-state index in [9.17, 15) is 4.79 Å². The molecule has 0 aliphatic heterocycles. The quantitative estimate of drug-likeness (QED) is 0.303. The monoisotopic (exact) mass is 113 g/mol. The van der Waals surface area contributed by atoms with E-state index in [1.807, 2.05) is 0 Å². The highest BCUT2D eigenvalue weighted by atomic mass is 16.3. The minimum atomic E-state index is -0.678. The number of amides is 1. The molecule has 0 saturated heterocycles. The smallest absolute Gasteiger partial charge is 0.245 e. The molecule has 0 heterocycles. The fourth-order valence-electron chi connectivity index (χ4n) is 0.205. The molecule has 0 aromatic rings. The van der Waals surface area contributed by atoms with Gasteiger partial charge in [0.1, 0.15) is 5.76 Å². The topological polar surface area (TPSA) is 63.3 Å². The number of hydrogen-bond donors (Lipinski definition) is 2. The normalized spacial score (nSPS) is 10.8. The Morgan fingerprint density at radius 3 is 2.38 bits per heavy atom. The number of aliphatic hydroxyl groups excluding tert-OH is 1. The standard InChI is InChI=1S/C5H7NO2/c1-2-4(7)3-5(6)8/h2-3,7H,1H2,(H2,6,8). The van der Waals surface area contributed by atoms with Crippen molar-refractivity contribution in [2.75, 3.05) is 0 Å². The van der Waals surface area contributed by atoms with Crippen molar-refractivity contribution >= 4 is 5.91 Å². The molecule has 3 N–H and O–H groups in total. The zero-order valence-corrected chi connectivity index (χ0v) is 4.29. The second-order valence-corrected chi connectivity index (χ2v) is 1.18. The molecule has 1 amide bonds. The maximum Gasteiger partial charge on any atom is 0.245 e.